The molecule has 3 nitrogen and oxygen atoms in total. The maximum atomic E-state index is 13.4. The topological polar surface area (TPSA) is 21.7 Å². The van der Waals surface area contributed by atoms with Crippen LogP contribution in [0.15, 0.2) is 0 Å². The van der Waals surface area contributed by atoms with Crippen LogP contribution in [0.25, 0.3) is 0 Å². The van der Waals surface area contributed by atoms with E-state index in [9.17, 15) is 13.2 Å². The number of alkyl halides is 3. The number of hydrogen-bond donors (Lipinski definition) is 0. The van der Waals surface area contributed by atoms with E-state index in [0.29, 0.717) is 6.54 Å². The fraction of sp³-hybridized carbons (Fsp3) is 1.00. The van der Waals surface area contributed by atoms with Crippen LogP contribution < -0.4 is 0 Å². The lowest BCUT2D eigenvalue weighted by Crippen LogP contribution is -2.60. The zero-order chi connectivity index (χ0) is 14.9. The van der Waals surface area contributed by atoms with Crippen molar-refractivity contribution < 1.29 is 22.3 Å². The zero-order valence-corrected chi connectivity index (χ0v) is 13.3. The first-order chi connectivity index (χ1) is 8.53. The molecule has 1 heterocycles. The summed E-state index contributed by atoms with van der Waals surface area (Å²) in [4.78, 5) is 1.71. The van der Waals surface area contributed by atoms with Crippen molar-refractivity contribution in [1.82, 2.24) is 4.90 Å². The first-order valence-electron chi connectivity index (χ1n) is 6.68. The predicted molar refractivity (Wildman–Crippen MR) is 70.2 cm³/mol. The van der Waals surface area contributed by atoms with Crippen molar-refractivity contribution in [1.29, 1.82) is 0 Å². The Morgan fingerprint density at radius 2 is 1.95 bits per heavy atom. The fourth-order valence-electron chi connectivity index (χ4n) is 2.22. The first-order valence-corrected chi connectivity index (χ1v) is 10.1. The van der Waals surface area contributed by atoms with Crippen molar-refractivity contribution >= 4 is 8.32 Å². The van der Waals surface area contributed by atoms with Crippen LogP contribution in [0.3, 0.4) is 0 Å². The van der Waals surface area contributed by atoms with E-state index in [2.05, 4.69) is 0 Å². The van der Waals surface area contributed by atoms with Gasteiger partial charge in [-0.2, -0.15) is 13.2 Å². The summed E-state index contributed by atoms with van der Waals surface area (Å²) in [7, 11) is -2.38. The van der Waals surface area contributed by atoms with Gasteiger partial charge in [-0.05, 0) is 33.0 Å². The van der Waals surface area contributed by atoms with E-state index in [1.807, 2.05) is 6.92 Å². The SMILES string of the molecule is CCCCN1COC(O[Si](C)(C)C)(C(F)(F)F)C1C. The van der Waals surface area contributed by atoms with E-state index in [-0.39, 0.29) is 6.73 Å². The maximum Gasteiger partial charge on any atom is 0.444 e. The fourth-order valence-corrected chi connectivity index (χ4v) is 3.47. The summed E-state index contributed by atoms with van der Waals surface area (Å²) < 4.78 is 50.9. The molecule has 0 radical (unpaired) electrons. The molecule has 2 unspecified atom stereocenters. The first kappa shape index (κ1) is 16.9. The van der Waals surface area contributed by atoms with Gasteiger partial charge in [0.2, 0.25) is 0 Å². The Balaban J connectivity index is 2.94. The van der Waals surface area contributed by atoms with Gasteiger partial charge in [-0.1, -0.05) is 13.3 Å². The summed E-state index contributed by atoms with van der Waals surface area (Å²) in [5.41, 5.74) is 0. The molecule has 114 valence electrons. The molecule has 1 aliphatic rings. The van der Waals surface area contributed by atoms with Gasteiger partial charge < -0.3 is 9.16 Å². The number of rotatable bonds is 5. The molecule has 0 aromatic carbocycles. The Kier molecular flexibility index (Phi) is 5.09. The van der Waals surface area contributed by atoms with Crippen molar-refractivity contribution in [3.63, 3.8) is 0 Å². The van der Waals surface area contributed by atoms with Crippen LogP contribution in [0.2, 0.25) is 19.6 Å². The van der Waals surface area contributed by atoms with Gasteiger partial charge in [0.15, 0.2) is 8.32 Å². The number of nitrogens with zero attached hydrogens (tertiary/aromatic N) is 1. The minimum absolute atomic E-state index is 0.0227. The quantitative estimate of drug-likeness (QED) is 0.724. The predicted octanol–water partition coefficient (Wildman–Crippen LogP) is 3.57. The number of unbranched alkanes of at least 4 members (excludes halogenated alkanes) is 1. The van der Waals surface area contributed by atoms with Crippen molar-refractivity contribution in [3.8, 4) is 0 Å². The second-order valence-corrected chi connectivity index (χ2v) is 10.4. The molecular formula is C12H24F3NO2Si. The summed E-state index contributed by atoms with van der Waals surface area (Å²) in [6.45, 7) is 9.35. The molecule has 1 saturated heterocycles. The smallest absolute Gasteiger partial charge is 0.383 e. The Morgan fingerprint density at radius 3 is 2.37 bits per heavy atom. The molecule has 7 heteroatoms. The van der Waals surface area contributed by atoms with Gasteiger partial charge in [0, 0.05) is 6.54 Å². The molecule has 19 heavy (non-hydrogen) atoms. The van der Waals surface area contributed by atoms with Crippen molar-refractivity contribution in [2.24, 2.45) is 0 Å². The van der Waals surface area contributed by atoms with Gasteiger partial charge in [0.25, 0.3) is 5.79 Å². The summed E-state index contributed by atoms with van der Waals surface area (Å²) >= 11 is 0. The van der Waals surface area contributed by atoms with E-state index in [0.717, 1.165) is 12.8 Å². The lowest BCUT2D eigenvalue weighted by Gasteiger charge is -2.39. The minimum atomic E-state index is -4.52. The highest BCUT2D eigenvalue weighted by atomic mass is 28.4. The second kappa shape index (κ2) is 5.71. The molecule has 1 fully saturated rings. The molecule has 2 atom stereocenters. The standard InChI is InChI=1S/C12H24F3NO2Si/c1-6-7-8-16-9-17-11(10(16)2,12(13,14)15)18-19(3,4)5/h10H,6-9H2,1-5H3. The van der Waals surface area contributed by atoms with Gasteiger partial charge in [0.1, 0.15) is 6.73 Å². The van der Waals surface area contributed by atoms with Crippen molar-refractivity contribution in [2.75, 3.05) is 13.3 Å². The normalized spacial score (nSPS) is 30.0. The zero-order valence-electron chi connectivity index (χ0n) is 12.3. The number of hydrogen-bond acceptors (Lipinski definition) is 3. The van der Waals surface area contributed by atoms with Gasteiger partial charge in [-0.25, -0.2) is 0 Å². The Hall–Kier alpha value is -0.113. The molecule has 0 bridgehead atoms. The van der Waals surface area contributed by atoms with E-state index in [1.165, 1.54) is 6.92 Å². The highest BCUT2D eigenvalue weighted by molar-refractivity contribution is 6.69. The van der Waals surface area contributed by atoms with Crippen molar-refractivity contribution in [2.45, 2.75) is 64.3 Å². The molecule has 1 aliphatic heterocycles. The summed E-state index contributed by atoms with van der Waals surface area (Å²) in [6, 6.07) is -0.814. The van der Waals surface area contributed by atoms with Crippen LogP contribution >= 0.6 is 0 Å². The molecule has 1 rings (SSSR count). The van der Waals surface area contributed by atoms with Crippen molar-refractivity contribution in [3.05, 3.63) is 0 Å². The Morgan fingerprint density at radius 1 is 1.37 bits per heavy atom. The Bertz CT molecular complexity index is 306. The van der Waals surface area contributed by atoms with Crippen LogP contribution in [-0.2, 0) is 9.16 Å². The van der Waals surface area contributed by atoms with Crippen LogP contribution in [0, 0.1) is 0 Å². The molecule has 0 N–H and O–H groups in total. The molecule has 0 aromatic heterocycles. The van der Waals surface area contributed by atoms with Gasteiger partial charge in [-0.3, -0.25) is 4.90 Å². The van der Waals surface area contributed by atoms with E-state index in [4.69, 9.17) is 9.16 Å². The molecular weight excluding hydrogens is 275 g/mol. The minimum Gasteiger partial charge on any atom is -0.383 e. The summed E-state index contributed by atoms with van der Waals surface area (Å²) in [5.74, 6) is -2.47. The average molecular weight is 299 g/mol. The number of ether oxygens (including phenoxy) is 1. The molecule has 0 saturated carbocycles. The maximum absolute atomic E-state index is 13.4. The molecule has 0 aromatic rings. The highest BCUT2D eigenvalue weighted by Gasteiger charge is 2.66. The lowest BCUT2D eigenvalue weighted by atomic mass is 10.1. The van der Waals surface area contributed by atoms with Crippen LogP contribution in [-0.4, -0.2) is 44.5 Å². The van der Waals surface area contributed by atoms with Gasteiger partial charge >= 0.3 is 6.18 Å². The third kappa shape index (κ3) is 3.71. The summed E-state index contributed by atoms with van der Waals surface area (Å²) in [6.07, 6.45) is -2.72. The highest BCUT2D eigenvalue weighted by Crippen LogP contribution is 2.44. The monoisotopic (exact) mass is 299 g/mol. The third-order valence-electron chi connectivity index (χ3n) is 3.19. The average Bonchev–Trinajstić information content (AvgIpc) is 2.52. The van der Waals surface area contributed by atoms with E-state index < -0.39 is 26.3 Å². The lowest BCUT2D eigenvalue weighted by molar-refractivity contribution is -0.344. The largest absolute Gasteiger partial charge is 0.444 e. The third-order valence-corrected chi connectivity index (χ3v) is 4.11. The van der Waals surface area contributed by atoms with Crippen LogP contribution in [0.1, 0.15) is 26.7 Å². The van der Waals surface area contributed by atoms with Crippen LogP contribution in [0.5, 0.6) is 0 Å². The van der Waals surface area contributed by atoms with Crippen LogP contribution in [0.4, 0.5) is 13.2 Å². The van der Waals surface area contributed by atoms with Gasteiger partial charge in [0.05, 0.1) is 6.04 Å². The van der Waals surface area contributed by atoms with E-state index in [1.54, 1.807) is 24.5 Å². The molecule has 0 aliphatic carbocycles. The number of halogens is 3. The summed E-state index contributed by atoms with van der Waals surface area (Å²) in [5, 5.41) is 0. The second-order valence-electron chi connectivity index (χ2n) is 6.00. The van der Waals surface area contributed by atoms with Gasteiger partial charge in [-0.15, -0.1) is 0 Å². The molecule has 0 amide bonds. The van der Waals surface area contributed by atoms with E-state index >= 15 is 0 Å². The Labute approximate surface area is 114 Å². The molecule has 0 spiro atoms.